The number of amides is 1. The topological polar surface area (TPSA) is 63.3 Å². The number of aromatic nitrogens is 1. The molecule has 0 aromatic carbocycles. The monoisotopic (exact) mass is 278 g/mol. The lowest BCUT2D eigenvalue weighted by Crippen LogP contribution is -2.32. The number of rotatable bonds is 5. The highest BCUT2D eigenvalue weighted by atomic mass is 16.1. The van der Waals surface area contributed by atoms with Crippen molar-refractivity contribution in [1.82, 2.24) is 14.8 Å². The third-order valence-corrected chi connectivity index (χ3v) is 4.03. The average molecular weight is 278 g/mol. The molecule has 0 bridgehead atoms. The van der Waals surface area contributed by atoms with Gasteiger partial charge in [-0.3, -0.25) is 4.79 Å². The van der Waals surface area contributed by atoms with Crippen LogP contribution in [0.1, 0.15) is 43.7 Å². The van der Waals surface area contributed by atoms with Crippen LogP contribution >= 0.6 is 0 Å². The summed E-state index contributed by atoms with van der Waals surface area (Å²) in [5.74, 6) is 0.545. The van der Waals surface area contributed by atoms with Crippen molar-refractivity contribution in [2.24, 2.45) is 5.92 Å². The molecule has 1 fully saturated rings. The van der Waals surface area contributed by atoms with Crippen molar-refractivity contribution >= 4 is 11.6 Å². The van der Waals surface area contributed by atoms with E-state index in [1.807, 2.05) is 24.6 Å². The summed E-state index contributed by atoms with van der Waals surface area (Å²) in [5.41, 5.74) is 7.10. The standard InChI is InChI=1S/C15H26N4O/c1-4-18-6-5-12(9-18)8-17-15(20)14-7-13(16)10-19(14)11(2)3/h7,10-12H,4-6,8-9,16H2,1-3H3,(H,17,20). The predicted molar refractivity (Wildman–Crippen MR) is 81.8 cm³/mol. The molecule has 2 rings (SSSR count). The molecule has 112 valence electrons. The Kier molecular flexibility index (Phi) is 4.70. The van der Waals surface area contributed by atoms with Crippen LogP contribution in [0.4, 0.5) is 5.69 Å². The van der Waals surface area contributed by atoms with Crippen molar-refractivity contribution < 1.29 is 4.79 Å². The summed E-state index contributed by atoms with van der Waals surface area (Å²) in [4.78, 5) is 14.7. The molecule has 1 aliphatic heterocycles. The van der Waals surface area contributed by atoms with Gasteiger partial charge in [0.1, 0.15) is 5.69 Å². The first-order valence-electron chi connectivity index (χ1n) is 7.49. The second-order valence-electron chi connectivity index (χ2n) is 5.92. The van der Waals surface area contributed by atoms with Gasteiger partial charge in [0.05, 0.1) is 5.69 Å². The minimum Gasteiger partial charge on any atom is -0.397 e. The van der Waals surface area contributed by atoms with Crippen LogP contribution < -0.4 is 11.1 Å². The average Bonchev–Trinajstić information content (AvgIpc) is 3.02. The highest BCUT2D eigenvalue weighted by Crippen LogP contribution is 2.18. The van der Waals surface area contributed by atoms with E-state index in [-0.39, 0.29) is 11.9 Å². The molecule has 1 unspecified atom stereocenters. The zero-order chi connectivity index (χ0) is 14.7. The Morgan fingerprint density at radius 1 is 1.55 bits per heavy atom. The summed E-state index contributed by atoms with van der Waals surface area (Å²) < 4.78 is 1.93. The Bertz CT molecular complexity index is 466. The van der Waals surface area contributed by atoms with Gasteiger partial charge in [-0.15, -0.1) is 0 Å². The molecule has 0 saturated carbocycles. The van der Waals surface area contributed by atoms with Crippen molar-refractivity contribution in [1.29, 1.82) is 0 Å². The van der Waals surface area contributed by atoms with Crippen molar-refractivity contribution in [2.45, 2.75) is 33.2 Å². The molecule has 1 aromatic heterocycles. The molecule has 2 heterocycles. The molecule has 1 aliphatic rings. The minimum atomic E-state index is -0.0228. The molecule has 1 saturated heterocycles. The number of nitrogens with two attached hydrogens (primary N) is 1. The smallest absolute Gasteiger partial charge is 0.268 e. The van der Waals surface area contributed by atoms with Crippen molar-refractivity contribution in [3.63, 3.8) is 0 Å². The molecule has 1 atom stereocenters. The summed E-state index contributed by atoms with van der Waals surface area (Å²) in [5, 5.41) is 3.05. The van der Waals surface area contributed by atoms with E-state index in [4.69, 9.17) is 5.73 Å². The molecule has 5 nitrogen and oxygen atoms in total. The van der Waals surface area contributed by atoms with Gasteiger partial charge in [0.2, 0.25) is 0 Å². The van der Waals surface area contributed by atoms with Crippen LogP contribution in [-0.4, -0.2) is 41.6 Å². The van der Waals surface area contributed by atoms with Gasteiger partial charge in [-0.2, -0.15) is 0 Å². The fourth-order valence-electron chi connectivity index (χ4n) is 2.80. The van der Waals surface area contributed by atoms with Crippen LogP contribution in [0.2, 0.25) is 0 Å². The highest BCUT2D eigenvalue weighted by Gasteiger charge is 2.22. The van der Waals surface area contributed by atoms with Crippen molar-refractivity contribution in [2.75, 3.05) is 31.9 Å². The van der Waals surface area contributed by atoms with Crippen LogP contribution in [0.3, 0.4) is 0 Å². The fourth-order valence-corrected chi connectivity index (χ4v) is 2.80. The molecule has 5 heteroatoms. The summed E-state index contributed by atoms with van der Waals surface area (Å²) in [6.07, 6.45) is 3.00. The van der Waals surface area contributed by atoms with Gasteiger partial charge in [-0.25, -0.2) is 0 Å². The summed E-state index contributed by atoms with van der Waals surface area (Å²) in [6, 6.07) is 1.98. The largest absolute Gasteiger partial charge is 0.397 e. The van der Waals surface area contributed by atoms with Gasteiger partial charge in [0.15, 0.2) is 0 Å². The zero-order valence-corrected chi connectivity index (χ0v) is 12.7. The Hall–Kier alpha value is -1.49. The van der Waals surface area contributed by atoms with Gasteiger partial charge in [0, 0.05) is 25.3 Å². The van der Waals surface area contributed by atoms with Crippen LogP contribution in [-0.2, 0) is 0 Å². The van der Waals surface area contributed by atoms with E-state index in [0.29, 0.717) is 17.3 Å². The van der Waals surface area contributed by atoms with E-state index in [2.05, 4.69) is 17.1 Å². The zero-order valence-electron chi connectivity index (χ0n) is 12.7. The number of carbonyl (C=O) groups is 1. The number of nitrogen functional groups attached to an aromatic ring is 1. The van der Waals surface area contributed by atoms with Gasteiger partial charge >= 0.3 is 0 Å². The van der Waals surface area contributed by atoms with Gasteiger partial charge in [-0.1, -0.05) is 6.92 Å². The maximum atomic E-state index is 12.3. The van der Waals surface area contributed by atoms with Crippen LogP contribution in [0.15, 0.2) is 12.3 Å². The molecule has 1 aromatic rings. The maximum absolute atomic E-state index is 12.3. The third kappa shape index (κ3) is 3.33. The van der Waals surface area contributed by atoms with Crippen LogP contribution in [0, 0.1) is 5.92 Å². The molecular weight excluding hydrogens is 252 g/mol. The van der Waals surface area contributed by atoms with E-state index >= 15 is 0 Å². The quantitative estimate of drug-likeness (QED) is 0.862. The number of carbonyl (C=O) groups excluding carboxylic acids is 1. The lowest BCUT2D eigenvalue weighted by atomic mass is 10.1. The highest BCUT2D eigenvalue weighted by molar-refractivity contribution is 5.93. The molecule has 1 amide bonds. The first kappa shape index (κ1) is 14.9. The van der Waals surface area contributed by atoms with Crippen LogP contribution in [0.5, 0.6) is 0 Å². The number of hydrogen-bond donors (Lipinski definition) is 2. The maximum Gasteiger partial charge on any atom is 0.268 e. The first-order valence-corrected chi connectivity index (χ1v) is 7.49. The minimum absolute atomic E-state index is 0.0228. The normalized spacial score (nSPS) is 19.7. The van der Waals surface area contributed by atoms with Crippen molar-refractivity contribution in [3.8, 4) is 0 Å². The molecule has 20 heavy (non-hydrogen) atoms. The molecule has 0 spiro atoms. The van der Waals surface area contributed by atoms with Crippen LogP contribution in [0.25, 0.3) is 0 Å². The van der Waals surface area contributed by atoms with E-state index in [0.717, 1.165) is 26.2 Å². The molecule has 0 radical (unpaired) electrons. The lowest BCUT2D eigenvalue weighted by molar-refractivity contribution is 0.0936. The molecular formula is C15H26N4O. The third-order valence-electron chi connectivity index (χ3n) is 4.03. The van der Waals surface area contributed by atoms with Gasteiger partial charge < -0.3 is 20.5 Å². The molecule has 0 aliphatic carbocycles. The van der Waals surface area contributed by atoms with E-state index in [9.17, 15) is 4.79 Å². The Labute approximate surface area is 121 Å². The number of nitrogens with zero attached hydrogens (tertiary/aromatic N) is 2. The van der Waals surface area contributed by atoms with Crippen molar-refractivity contribution in [3.05, 3.63) is 18.0 Å². The number of hydrogen-bond acceptors (Lipinski definition) is 3. The second-order valence-corrected chi connectivity index (χ2v) is 5.92. The lowest BCUT2D eigenvalue weighted by Gasteiger charge is -2.15. The predicted octanol–water partition coefficient (Wildman–Crippen LogP) is 1.72. The summed E-state index contributed by atoms with van der Waals surface area (Å²) in [7, 11) is 0. The van der Waals surface area contributed by atoms with E-state index < -0.39 is 0 Å². The summed E-state index contributed by atoms with van der Waals surface area (Å²) in [6.45, 7) is 10.4. The molecule has 3 N–H and O–H groups in total. The Balaban J connectivity index is 1.92. The second kappa shape index (κ2) is 6.31. The van der Waals surface area contributed by atoms with Gasteiger partial charge in [-0.05, 0) is 45.3 Å². The summed E-state index contributed by atoms with van der Waals surface area (Å²) >= 11 is 0. The SMILES string of the molecule is CCN1CCC(CNC(=O)c2cc(N)cn2C(C)C)C1. The first-order chi connectivity index (χ1) is 9.51. The number of likely N-dealkylation sites (tertiary alicyclic amines) is 1. The fraction of sp³-hybridized carbons (Fsp3) is 0.667. The van der Waals surface area contributed by atoms with E-state index in [1.165, 1.54) is 6.42 Å². The number of nitrogens with one attached hydrogen (secondary N) is 1. The van der Waals surface area contributed by atoms with Gasteiger partial charge in [0.25, 0.3) is 5.91 Å². The Morgan fingerprint density at radius 2 is 2.30 bits per heavy atom. The Morgan fingerprint density at radius 3 is 2.90 bits per heavy atom. The van der Waals surface area contributed by atoms with E-state index in [1.54, 1.807) is 6.07 Å². The number of anilines is 1.